The molecule has 0 spiro atoms. The molecule has 1 aliphatic rings. The lowest BCUT2D eigenvalue weighted by Crippen LogP contribution is -2.39. The SMILES string of the molecule is O=C(C=Cc1cccs1)NC1CCn2nccc2C1. The van der Waals surface area contributed by atoms with Crippen molar-refractivity contribution in [3.63, 3.8) is 0 Å². The number of nitrogens with one attached hydrogen (secondary N) is 1. The van der Waals surface area contributed by atoms with E-state index in [1.54, 1.807) is 17.4 Å². The Hall–Kier alpha value is -1.88. The van der Waals surface area contributed by atoms with E-state index < -0.39 is 0 Å². The largest absolute Gasteiger partial charge is 0.349 e. The van der Waals surface area contributed by atoms with Crippen LogP contribution in [0.4, 0.5) is 0 Å². The van der Waals surface area contributed by atoms with Crippen LogP contribution >= 0.6 is 11.3 Å². The predicted molar refractivity (Wildman–Crippen MR) is 75.8 cm³/mol. The summed E-state index contributed by atoms with van der Waals surface area (Å²) in [6.45, 7) is 0.877. The van der Waals surface area contributed by atoms with E-state index in [1.807, 2.05) is 40.5 Å². The molecule has 0 saturated carbocycles. The maximum absolute atomic E-state index is 11.8. The quantitative estimate of drug-likeness (QED) is 0.870. The number of fused-ring (bicyclic) bond motifs is 1. The fraction of sp³-hybridized carbons (Fsp3) is 0.286. The molecular weight excluding hydrogens is 258 g/mol. The maximum atomic E-state index is 11.8. The van der Waals surface area contributed by atoms with E-state index in [9.17, 15) is 4.79 Å². The topological polar surface area (TPSA) is 46.9 Å². The molecule has 1 N–H and O–H groups in total. The van der Waals surface area contributed by atoms with Crippen LogP contribution in [-0.2, 0) is 17.8 Å². The van der Waals surface area contributed by atoms with Crippen LogP contribution in [0.5, 0.6) is 0 Å². The van der Waals surface area contributed by atoms with Crippen LogP contribution in [0.15, 0.2) is 35.9 Å². The van der Waals surface area contributed by atoms with Gasteiger partial charge in [0.2, 0.25) is 5.91 Å². The molecule has 1 atom stereocenters. The third-order valence-corrected chi connectivity index (χ3v) is 4.08. The van der Waals surface area contributed by atoms with E-state index in [4.69, 9.17) is 0 Å². The molecule has 0 saturated heterocycles. The van der Waals surface area contributed by atoms with Gasteiger partial charge in [-0.1, -0.05) is 6.07 Å². The summed E-state index contributed by atoms with van der Waals surface area (Å²) in [5.74, 6) is -0.0219. The van der Waals surface area contributed by atoms with Gasteiger partial charge >= 0.3 is 0 Å². The zero-order chi connectivity index (χ0) is 13.1. The molecule has 4 nitrogen and oxygen atoms in total. The van der Waals surface area contributed by atoms with E-state index in [1.165, 1.54) is 5.69 Å². The van der Waals surface area contributed by atoms with Gasteiger partial charge in [-0.15, -0.1) is 11.3 Å². The normalized spacial score (nSPS) is 18.4. The third kappa shape index (κ3) is 2.93. The van der Waals surface area contributed by atoms with Crippen molar-refractivity contribution in [1.29, 1.82) is 0 Å². The monoisotopic (exact) mass is 273 g/mol. The minimum absolute atomic E-state index is 0.0219. The van der Waals surface area contributed by atoms with Gasteiger partial charge in [-0.25, -0.2) is 0 Å². The van der Waals surface area contributed by atoms with Crippen LogP contribution in [0, 0.1) is 0 Å². The molecule has 3 rings (SSSR count). The van der Waals surface area contributed by atoms with Crippen LogP contribution < -0.4 is 5.32 Å². The highest BCUT2D eigenvalue weighted by Gasteiger charge is 2.19. The number of thiophene rings is 1. The molecule has 98 valence electrons. The van der Waals surface area contributed by atoms with Gasteiger partial charge in [0.25, 0.3) is 0 Å². The standard InChI is InChI=1S/C14H15N3OS/c18-14(4-3-13-2-1-9-19-13)16-11-6-8-17-12(10-11)5-7-15-17/h1-5,7,9,11H,6,8,10H2,(H,16,18). The van der Waals surface area contributed by atoms with Crippen LogP contribution in [0.3, 0.4) is 0 Å². The van der Waals surface area contributed by atoms with Crippen molar-refractivity contribution in [2.75, 3.05) is 0 Å². The molecule has 19 heavy (non-hydrogen) atoms. The molecule has 2 aromatic rings. The Labute approximate surface area is 115 Å². The van der Waals surface area contributed by atoms with Crippen LogP contribution in [0.25, 0.3) is 6.08 Å². The first-order chi connectivity index (χ1) is 9.31. The highest BCUT2D eigenvalue weighted by Crippen LogP contribution is 2.14. The van der Waals surface area contributed by atoms with Crippen molar-refractivity contribution in [2.45, 2.75) is 25.4 Å². The van der Waals surface area contributed by atoms with Gasteiger partial charge in [-0.3, -0.25) is 9.48 Å². The van der Waals surface area contributed by atoms with Gasteiger partial charge < -0.3 is 5.32 Å². The smallest absolute Gasteiger partial charge is 0.244 e. The summed E-state index contributed by atoms with van der Waals surface area (Å²) < 4.78 is 2.00. The summed E-state index contributed by atoms with van der Waals surface area (Å²) in [4.78, 5) is 12.9. The van der Waals surface area contributed by atoms with E-state index in [2.05, 4.69) is 10.4 Å². The van der Waals surface area contributed by atoms with E-state index in [0.717, 1.165) is 24.3 Å². The molecular formula is C14H15N3OS. The molecule has 1 unspecified atom stereocenters. The second-order valence-corrected chi connectivity index (χ2v) is 5.57. The van der Waals surface area contributed by atoms with Crippen LogP contribution in [0.1, 0.15) is 17.0 Å². The average molecular weight is 273 g/mol. The second-order valence-electron chi connectivity index (χ2n) is 4.59. The van der Waals surface area contributed by atoms with Crippen molar-refractivity contribution < 1.29 is 4.79 Å². The number of carbonyl (C=O) groups excluding carboxylic acids is 1. The molecule has 1 amide bonds. The van der Waals surface area contributed by atoms with Gasteiger partial charge in [0, 0.05) is 41.9 Å². The molecule has 0 aliphatic carbocycles. The Bertz CT molecular complexity index is 586. The fourth-order valence-corrected chi connectivity index (χ4v) is 2.90. The minimum Gasteiger partial charge on any atom is -0.349 e. The number of rotatable bonds is 3. The van der Waals surface area contributed by atoms with E-state index >= 15 is 0 Å². The highest BCUT2D eigenvalue weighted by atomic mass is 32.1. The van der Waals surface area contributed by atoms with E-state index in [-0.39, 0.29) is 11.9 Å². The molecule has 0 bridgehead atoms. The summed E-state index contributed by atoms with van der Waals surface area (Å²) in [7, 11) is 0. The van der Waals surface area contributed by atoms with Crippen molar-refractivity contribution in [3.05, 3.63) is 46.4 Å². The number of nitrogens with zero attached hydrogens (tertiary/aromatic N) is 2. The lowest BCUT2D eigenvalue weighted by Gasteiger charge is -2.23. The number of carbonyl (C=O) groups is 1. The van der Waals surface area contributed by atoms with Crippen molar-refractivity contribution in [3.8, 4) is 0 Å². The number of aryl methyl sites for hydroxylation is 1. The summed E-state index contributed by atoms with van der Waals surface area (Å²) in [5, 5.41) is 9.28. The Morgan fingerprint density at radius 2 is 2.47 bits per heavy atom. The molecule has 0 fully saturated rings. The third-order valence-electron chi connectivity index (χ3n) is 3.24. The molecule has 3 heterocycles. The van der Waals surface area contributed by atoms with Crippen molar-refractivity contribution in [2.24, 2.45) is 0 Å². The lowest BCUT2D eigenvalue weighted by molar-refractivity contribution is -0.117. The Morgan fingerprint density at radius 3 is 3.32 bits per heavy atom. The van der Waals surface area contributed by atoms with Crippen LogP contribution in [-0.4, -0.2) is 21.7 Å². The van der Waals surface area contributed by atoms with Crippen molar-refractivity contribution in [1.82, 2.24) is 15.1 Å². The molecule has 2 aromatic heterocycles. The first kappa shape index (κ1) is 12.2. The first-order valence-corrected chi connectivity index (χ1v) is 7.22. The Kier molecular flexibility index (Phi) is 3.46. The predicted octanol–water partition coefficient (Wildman–Crippen LogP) is 2.09. The van der Waals surface area contributed by atoms with Crippen LogP contribution in [0.2, 0.25) is 0 Å². The zero-order valence-corrected chi connectivity index (χ0v) is 11.3. The number of amides is 1. The van der Waals surface area contributed by atoms with E-state index in [0.29, 0.717) is 0 Å². The summed E-state index contributed by atoms with van der Waals surface area (Å²) in [6, 6.07) is 6.20. The van der Waals surface area contributed by atoms with Crippen molar-refractivity contribution >= 4 is 23.3 Å². The number of hydrogen-bond donors (Lipinski definition) is 1. The number of aromatic nitrogens is 2. The minimum atomic E-state index is -0.0219. The van der Waals surface area contributed by atoms with Gasteiger partial charge in [-0.2, -0.15) is 5.10 Å². The molecule has 1 aliphatic heterocycles. The maximum Gasteiger partial charge on any atom is 0.244 e. The van der Waals surface area contributed by atoms with Gasteiger partial charge in [0.05, 0.1) is 0 Å². The lowest BCUT2D eigenvalue weighted by atomic mass is 10.0. The highest BCUT2D eigenvalue weighted by molar-refractivity contribution is 7.10. The summed E-state index contributed by atoms with van der Waals surface area (Å²) in [6.07, 6.45) is 7.08. The van der Waals surface area contributed by atoms with Gasteiger partial charge in [-0.05, 0) is 30.0 Å². The fourth-order valence-electron chi connectivity index (χ4n) is 2.28. The van der Waals surface area contributed by atoms with Gasteiger partial charge in [0.1, 0.15) is 0 Å². The zero-order valence-electron chi connectivity index (χ0n) is 10.5. The Balaban J connectivity index is 1.56. The first-order valence-electron chi connectivity index (χ1n) is 6.34. The summed E-state index contributed by atoms with van der Waals surface area (Å²) in [5.41, 5.74) is 1.19. The molecule has 5 heteroatoms. The van der Waals surface area contributed by atoms with Gasteiger partial charge in [0.15, 0.2) is 0 Å². The Morgan fingerprint density at radius 1 is 1.53 bits per heavy atom. The summed E-state index contributed by atoms with van der Waals surface area (Å²) >= 11 is 1.62. The molecule has 0 radical (unpaired) electrons. The average Bonchev–Trinajstić information content (AvgIpc) is 3.07. The molecule has 0 aromatic carbocycles. The second kappa shape index (κ2) is 5.40. The number of hydrogen-bond acceptors (Lipinski definition) is 3.